The molecule has 0 saturated carbocycles. The number of aryl methyl sites for hydroxylation is 2. The first kappa shape index (κ1) is 22.6. The van der Waals surface area contributed by atoms with Crippen molar-refractivity contribution in [2.75, 3.05) is 19.0 Å². The topological polar surface area (TPSA) is 81.9 Å². The van der Waals surface area contributed by atoms with Crippen LogP contribution in [-0.4, -0.2) is 29.0 Å². The molecule has 8 heteroatoms. The van der Waals surface area contributed by atoms with Crippen molar-refractivity contribution in [2.24, 2.45) is 0 Å². The predicted octanol–water partition coefficient (Wildman–Crippen LogP) is 4.10. The lowest BCUT2D eigenvalue weighted by Gasteiger charge is -2.12. The minimum absolute atomic E-state index is 0.110. The average molecular weight is 486 g/mol. The number of para-hydroxylation sites is 2. The van der Waals surface area contributed by atoms with Gasteiger partial charge >= 0.3 is 0 Å². The fourth-order valence-electron chi connectivity index (χ4n) is 3.86. The van der Waals surface area contributed by atoms with Crippen LogP contribution in [0.3, 0.4) is 0 Å². The lowest BCUT2D eigenvalue weighted by atomic mass is 10.1. The van der Waals surface area contributed by atoms with Gasteiger partial charge in [-0.3, -0.25) is 9.59 Å². The minimum Gasteiger partial charge on any atom is -0.493 e. The van der Waals surface area contributed by atoms with Crippen molar-refractivity contribution in [3.8, 4) is 11.5 Å². The third kappa shape index (κ3) is 4.48. The summed E-state index contributed by atoms with van der Waals surface area (Å²) in [4.78, 5) is 30.6. The summed E-state index contributed by atoms with van der Waals surface area (Å²) in [5, 5.41) is 2.88. The summed E-state index contributed by atoms with van der Waals surface area (Å²) in [5.41, 5.74) is 5.07. The molecule has 35 heavy (non-hydrogen) atoms. The molecule has 0 aliphatic heterocycles. The monoisotopic (exact) mass is 485 g/mol. The number of aromatic nitrogens is 2. The number of rotatable bonds is 6. The van der Waals surface area contributed by atoms with Crippen LogP contribution in [0.15, 0.2) is 65.5 Å². The van der Waals surface area contributed by atoms with E-state index in [0.717, 1.165) is 33.4 Å². The summed E-state index contributed by atoms with van der Waals surface area (Å²) in [6.45, 7) is 3.75. The molecule has 0 spiro atoms. The summed E-state index contributed by atoms with van der Waals surface area (Å²) in [5.74, 6) is 0.647. The number of amides is 1. The van der Waals surface area contributed by atoms with Gasteiger partial charge in [0.25, 0.3) is 11.5 Å². The van der Waals surface area contributed by atoms with E-state index in [1.165, 1.54) is 18.4 Å². The number of ether oxygens (including phenoxy) is 2. The first-order valence-corrected chi connectivity index (χ1v) is 11.8. The van der Waals surface area contributed by atoms with Crippen LogP contribution in [0.25, 0.3) is 22.1 Å². The summed E-state index contributed by atoms with van der Waals surface area (Å²) in [6, 6.07) is 18.8. The summed E-state index contributed by atoms with van der Waals surface area (Å²) in [6.07, 6.45) is 1.80. The molecule has 0 aliphatic rings. The van der Waals surface area contributed by atoms with E-state index in [1.54, 1.807) is 22.6 Å². The molecule has 1 N–H and O–H groups in total. The van der Waals surface area contributed by atoms with Gasteiger partial charge in [-0.1, -0.05) is 41.7 Å². The standard InChI is InChI=1S/C27H23N3O4S/c1-16-8-9-17(2)20(12-16)28-25(31)15-34-22-11-10-18(13-23(22)33-3)14-24-26(32)30-21-7-5-4-6-19(21)29-27(30)35-24/h4-14H,15H2,1-3H3,(H,28,31). The zero-order valence-corrected chi connectivity index (χ0v) is 20.3. The number of nitrogens with one attached hydrogen (secondary N) is 1. The van der Waals surface area contributed by atoms with Gasteiger partial charge in [0.2, 0.25) is 0 Å². The molecule has 5 aromatic rings. The van der Waals surface area contributed by atoms with Crippen LogP contribution in [0, 0.1) is 13.8 Å². The number of fused-ring (bicyclic) bond motifs is 3. The maximum atomic E-state index is 13.0. The number of carbonyl (C=O) groups excluding carboxylic acids is 1. The van der Waals surface area contributed by atoms with Gasteiger partial charge in [0.15, 0.2) is 23.1 Å². The van der Waals surface area contributed by atoms with Gasteiger partial charge in [0.1, 0.15) is 0 Å². The van der Waals surface area contributed by atoms with E-state index in [-0.39, 0.29) is 18.1 Å². The first-order valence-electron chi connectivity index (χ1n) is 11.0. The normalized spacial score (nSPS) is 11.8. The average Bonchev–Trinajstić information content (AvgIpc) is 3.36. The molecule has 7 nitrogen and oxygen atoms in total. The molecule has 2 heterocycles. The Morgan fingerprint density at radius 3 is 2.74 bits per heavy atom. The SMILES string of the molecule is COc1cc(C=c2sc3nc4ccccc4n3c2=O)ccc1OCC(=O)Nc1cc(C)ccc1C. The zero-order chi connectivity index (χ0) is 24.5. The Labute approximate surface area is 205 Å². The van der Waals surface area contributed by atoms with Crippen LogP contribution < -0.4 is 24.9 Å². The number of nitrogens with zero attached hydrogens (tertiary/aromatic N) is 2. The van der Waals surface area contributed by atoms with Crippen LogP contribution in [-0.2, 0) is 4.79 Å². The molecule has 0 bridgehead atoms. The van der Waals surface area contributed by atoms with E-state index in [9.17, 15) is 9.59 Å². The van der Waals surface area contributed by atoms with Gasteiger partial charge in [0, 0.05) is 5.69 Å². The van der Waals surface area contributed by atoms with Gasteiger partial charge in [0.05, 0.1) is 22.7 Å². The summed E-state index contributed by atoms with van der Waals surface area (Å²) >= 11 is 1.34. The van der Waals surface area contributed by atoms with E-state index in [2.05, 4.69) is 10.3 Å². The zero-order valence-electron chi connectivity index (χ0n) is 19.5. The van der Waals surface area contributed by atoms with Gasteiger partial charge in [-0.15, -0.1) is 0 Å². The molecule has 0 fully saturated rings. The van der Waals surface area contributed by atoms with E-state index in [4.69, 9.17) is 9.47 Å². The lowest BCUT2D eigenvalue weighted by Crippen LogP contribution is -2.22. The molecule has 3 aromatic carbocycles. The van der Waals surface area contributed by atoms with Crippen LogP contribution in [0.2, 0.25) is 0 Å². The van der Waals surface area contributed by atoms with Gasteiger partial charge in [-0.25, -0.2) is 9.38 Å². The molecular weight excluding hydrogens is 462 g/mol. The van der Waals surface area contributed by atoms with Gasteiger partial charge in [-0.2, -0.15) is 0 Å². The fourth-order valence-corrected chi connectivity index (χ4v) is 4.84. The van der Waals surface area contributed by atoms with E-state index in [0.29, 0.717) is 21.0 Å². The summed E-state index contributed by atoms with van der Waals surface area (Å²) < 4.78 is 13.4. The number of benzene rings is 3. The molecule has 0 unspecified atom stereocenters. The second-order valence-electron chi connectivity index (χ2n) is 8.20. The molecule has 0 saturated heterocycles. The van der Waals surface area contributed by atoms with Crippen LogP contribution >= 0.6 is 11.3 Å². The molecule has 5 rings (SSSR count). The number of hydrogen-bond donors (Lipinski definition) is 1. The Morgan fingerprint density at radius 1 is 1.09 bits per heavy atom. The maximum Gasteiger partial charge on any atom is 0.274 e. The lowest BCUT2D eigenvalue weighted by molar-refractivity contribution is -0.118. The molecule has 0 radical (unpaired) electrons. The highest BCUT2D eigenvalue weighted by atomic mass is 32.1. The Balaban J connectivity index is 1.36. The van der Waals surface area contributed by atoms with Crippen molar-refractivity contribution in [2.45, 2.75) is 13.8 Å². The first-order chi connectivity index (χ1) is 16.9. The molecule has 2 aromatic heterocycles. The Kier molecular flexibility index (Phi) is 5.96. The maximum absolute atomic E-state index is 13.0. The van der Waals surface area contributed by atoms with Gasteiger partial charge < -0.3 is 14.8 Å². The van der Waals surface area contributed by atoms with E-state index in [1.807, 2.05) is 62.4 Å². The number of hydrogen-bond acceptors (Lipinski definition) is 6. The highest BCUT2D eigenvalue weighted by molar-refractivity contribution is 7.15. The second kappa shape index (κ2) is 9.23. The quantitative estimate of drug-likeness (QED) is 0.392. The number of carbonyl (C=O) groups is 1. The molecule has 0 aliphatic carbocycles. The Bertz CT molecular complexity index is 1690. The van der Waals surface area contributed by atoms with E-state index >= 15 is 0 Å². The molecular formula is C27H23N3O4S. The van der Waals surface area contributed by atoms with Crippen LogP contribution in [0.5, 0.6) is 11.5 Å². The predicted molar refractivity (Wildman–Crippen MR) is 139 cm³/mol. The second-order valence-corrected chi connectivity index (χ2v) is 9.21. The van der Waals surface area contributed by atoms with Crippen molar-refractivity contribution in [1.29, 1.82) is 0 Å². The van der Waals surface area contributed by atoms with Crippen LogP contribution in [0.4, 0.5) is 5.69 Å². The number of methoxy groups -OCH3 is 1. The third-order valence-corrected chi connectivity index (χ3v) is 6.63. The highest BCUT2D eigenvalue weighted by Gasteiger charge is 2.12. The van der Waals surface area contributed by atoms with E-state index < -0.39 is 0 Å². The van der Waals surface area contributed by atoms with Crippen molar-refractivity contribution in [3.05, 3.63) is 92.2 Å². The van der Waals surface area contributed by atoms with Crippen molar-refractivity contribution >= 4 is 45.0 Å². The third-order valence-electron chi connectivity index (χ3n) is 5.66. The molecule has 0 atom stereocenters. The van der Waals surface area contributed by atoms with Gasteiger partial charge in [-0.05, 0) is 66.9 Å². The molecule has 1 amide bonds. The summed E-state index contributed by atoms with van der Waals surface area (Å²) in [7, 11) is 1.53. The number of thiazole rings is 1. The number of imidazole rings is 1. The smallest absolute Gasteiger partial charge is 0.274 e. The van der Waals surface area contributed by atoms with Crippen molar-refractivity contribution < 1.29 is 14.3 Å². The van der Waals surface area contributed by atoms with Crippen molar-refractivity contribution in [1.82, 2.24) is 9.38 Å². The number of anilines is 1. The van der Waals surface area contributed by atoms with Crippen LogP contribution in [0.1, 0.15) is 16.7 Å². The fraction of sp³-hybridized carbons (Fsp3) is 0.148. The van der Waals surface area contributed by atoms with Crippen molar-refractivity contribution in [3.63, 3.8) is 0 Å². The Hall–Kier alpha value is -4.17. The minimum atomic E-state index is -0.262. The Morgan fingerprint density at radius 2 is 1.91 bits per heavy atom. The largest absolute Gasteiger partial charge is 0.493 e. The molecule has 176 valence electrons. The highest BCUT2D eigenvalue weighted by Crippen LogP contribution is 2.28.